The van der Waals surface area contributed by atoms with E-state index in [0.717, 1.165) is 5.56 Å². The Hall–Kier alpha value is -2.13. The fourth-order valence-electron chi connectivity index (χ4n) is 2.03. The molecule has 0 radical (unpaired) electrons. The van der Waals surface area contributed by atoms with Gasteiger partial charge in [-0.25, -0.2) is 4.79 Å². The van der Waals surface area contributed by atoms with E-state index in [2.05, 4.69) is 0 Å². The highest BCUT2D eigenvalue weighted by Crippen LogP contribution is 2.18. The van der Waals surface area contributed by atoms with Crippen molar-refractivity contribution in [2.75, 3.05) is 20.7 Å². The van der Waals surface area contributed by atoms with Gasteiger partial charge in [-0.2, -0.15) is 0 Å². The van der Waals surface area contributed by atoms with Crippen LogP contribution < -0.4 is 0 Å². The molecule has 0 heterocycles. The zero-order valence-corrected chi connectivity index (χ0v) is 11.8. The van der Waals surface area contributed by atoms with Gasteiger partial charge in [0.05, 0.1) is 11.6 Å². The molecule has 2 aromatic carbocycles. The fraction of sp³-hybridized carbons (Fsp3) is 0.235. The first-order chi connectivity index (χ1) is 9.68. The molecule has 1 atom stereocenters. The molecule has 2 rings (SSSR count). The Morgan fingerprint density at radius 1 is 1.00 bits per heavy atom. The number of ether oxygens (including phenoxy) is 1. The Bertz CT molecular complexity index is 537. The summed E-state index contributed by atoms with van der Waals surface area (Å²) in [6.07, 6.45) is 0. The molecule has 1 unspecified atom stereocenters. The maximum absolute atomic E-state index is 12.0. The second-order valence-electron chi connectivity index (χ2n) is 4.85. The molecule has 104 valence electrons. The standard InChI is InChI=1S/C17H19NO2/c1-18(2)16(14-9-5-3-6-10-14)13-20-17(19)15-11-7-4-8-12-15/h3-12,16H,13H2,1-2H3. The molecule has 0 saturated heterocycles. The maximum Gasteiger partial charge on any atom is 0.338 e. The van der Waals surface area contributed by atoms with Crippen LogP contribution >= 0.6 is 0 Å². The highest BCUT2D eigenvalue weighted by Gasteiger charge is 2.16. The summed E-state index contributed by atoms with van der Waals surface area (Å²) in [5, 5.41) is 0. The number of hydrogen-bond acceptors (Lipinski definition) is 3. The monoisotopic (exact) mass is 269 g/mol. The van der Waals surface area contributed by atoms with E-state index in [-0.39, 0.29) is 12.0 Å². The second kappa shape index (κ2) is 6.87. The molecular formula is C17H19NO2. The van der Waals surface area contributed by atoms with Crippen LogP contribution in [0.15, 0.2) is 60.7 Å². The van der Waals surface area contributed by atoms with Gasteiger partial charge in [0, 0.05) is 0 Å². The summed E-state index contributed by atoms with van der Waals surface area (Å²) in [4.78, 5) is 14.0. The molecule has 0 aromatic heterocycles. The number of carbonyl (C=O) groups is 1. The molecule has 0 fully saturated rings. The summed E-state index contributed by atoms with van der Waals surface area (Å²) < 4.78 is 5.43. The quantitative estimate of drug-likeness (QED) is 0.781. The van der Waals surface area contributed by atoms with Crippen molar-refractivity contribution in [3.8, 4) is 0 Å². The van der Waals surface area contributed by atoms with E-state index in [4.69, 9.17) is 4.74 Å². The molecule has 0 saturated carbocycles. The van der Waals surface area contributed by atoms with Crippen LogP contribution in [0.4, 0.5) is 0 Å². The van der Waals surface area contributed by atoms with Gasteiger partial charge in [-0.1, -0.05) is 48.5 Å². The topological polar surface area (TPSA) is 29.5 Å². The Morgan fingerprint density at radius 2 is 1.55 bits per heavy atom. The number of carbonyl (C=O) groups excluding carboxylic acids is 1. The molecule has 0 spiro atoms. The lowest BCUT2D eigenvalue weighted by Crippen LogP contribution is -2.25. The van der Waals surface area contributed by atoms with Crippen molar-refractivity contribution >= 4 is 5.97 Å². The third-order valence-electron chi connectivity index (χ3n) is 3.19. The summed E-state index contributed by atoms with van der Waals surface area (Å²) in [5.41, 5.74) is 1.72. The number of rotatable bonds is 5. The number of esters is 1. The first kappa shape index (κ1) is 14.3. The van der Waals surface area contributed by atoms with Crippen molar-refractivity contribution in [3.63, 3.8) is 0 Å². The molecule has 20 heavy (non-hydrogen) atoms. The second-order valence-corrected chi connectivity index (χ2v) is 4.85. The summed E-state index contributed by atoms with van der Waals surface area (Å²) in [7, 11) is 3.96. The highest BCUT2D eigenvalue weighted by atomic mass is 16.5. The minimum atomic E-state index is -0.284. The summed E-state index contributed by atoms with van der Waals surface area (Å²) in [5.74, 6) is -0.284. The Labute approximate surface area is 119 Å². The van der Waals surface area contributed by atoms with Crippen molar-refractivity contribution in [1.82, 2.24) is 4.90 Å². The number of nitrogens with zero attached hydrogens (tertiary/aromatic N) is 1. The highest BCUT2D eigenvalue weighted by molar-refractivity contribution is 5.89. The fourth-order valence-corrected chi connectivity index (χ4v) is 2.03. The van der Waals surface area contributed by atoms with Crippen LogP contribution in [0.5, 0.6) is 0 Å². The van der Waals surface area contributed by atoms with Crippen LogP contribution in [0.25, 0.3) is 0 Å². The van der Waals surface area contributed by atoms with Crippen molar-refractivity contribution in [2.24, 2.45) is 0 Å². The smallest absolute Gasteiger partial charge is 0.338 e. The van der Waals surface area contributed by atoms with Crippen LogP contribution in [-0.4, -0.2) is 31.6 Å². The summed E-state index contributed by atoms with van der Waals surface area (Å²) in [6, 6.07) is 19.2. The van der Waals surface area contributed by atoms with E-state index in [9.17, 15) is 4.79 Å². The molecular weight excluding hydrogens is 250 g/mol. The summed E-state index contributed by atoms with van der Waals surface area (Å²) in [6.45, 7) is 0.338. The maximum atomic E-state index is 12.0. The first-order valence-corrected chi connectivity index (χ1v) is 6.62. The predicted octanol–water partition coefficient (Wildman–Crippen LogP) is 3.15. The van der Waals surface area contributed by atoms with Gasteiger partial charge in [-0.15, -0.1) is 0 Å². The normalized spacial score (nSPS) is 12.2. The van der Waals surface area contributed by atoms with Gasteiger partial charge >= 0.3 is 5.97 Å². The zero-order valence-electron chi connectivity index (χ0n) is 11.8. The van der Waals surface area contributed by atoms with E-state index in [1.165, 1.54) is 0 Å². The van der Waals surface area contributed by atoms with Gasteiger partial charge in [0.25, 0.3) is 0 Å². The Balaban J connectivity index is 2.02. The van der Waals surface area contributed by atoms with E-state index in [1.807, 2.05) is 67.5 Å². The Kier molecular flexibility index (Phi) is 4.91. The van der Waals surface area contributed by atoms with Crippen LogP contribution in [0, 0.1) is 0 Å². The third kappa shape index (κ3) is 3.68. The van der Waals surface area contributed by atoms with Crippen molar-refractivity contribution in [2.45, 2.75) is 6.04 Å². The number of likely N-dealkylation sites (N-methyl/N-ethyl adjacent to an activating group) is 1. The van der Waals surface area contributed by atoms with Crippen LogP contribution in [0.2, 0.25) is 0 Å². The minimum Gasteiger partial charge on any atom is -0.460 e. The lowest BCUT2D eigenvalue weighted by atomic mass is 10.1. The van der Waals surface area contributed by atoms with Gasteiger partial charge in [-0.05, 0) is 31.8 Å². The molecule has 3 nitrogen and oxygen atoms in total. The SMILES string of the molecule is CN(C)C(COC(=O)c1ccccc1)c1ccccc1. The minimum absolute atomic E-state index is 0.0591. The number of hydrogen-bond donors (Lipinski definition) is 0. The number of benzene rings is 2. The molecule has 0 amide bonds. The van der Waals surface area contributed by atoms with Gasteiger partial charge in [-0.3, -0.25) is 4.90 Å². The van der Waals surface area contributed by atoms with E-state index < -0.39 is 0 Å². The van der Waals surface area contributed by atoms with Crippen LogP contribution in [-0.2, 0) is 4.74 Å². The predicted molar refractivity (Wildman–Crippen MR) is 79.6 cm³/mol. The third-order valence-corrected chi connectivity index (χ3v) is 3.19. The average molecular weight is 269 g/mol. The molecule has 2 aromatic rings. The van der Waals surface area contributed by atoms with Gasteiger partial charge < -0.3 is 4.74 Å². The van der Waals surface area contributed by atoms with Crippen LogP contribution in [0.3, 0.4) is 0 Å². The van der Waals surface area contributed by atoms with E-state index >= 15 is 0 Å². The largest absolute Gasteiger partial charge is 0.460 e. The van der Waals surface area contributed by atoms with Crippen molar-refractivity contribution in [3.05, 3.63) is 71.8 Å². The molecule has 0 bridgehead atoms. The molecule has 3 heteroatoms. The lowest BCUT2D eigenvalue weighted by molar-refractivity contribution is 0.0399. The van der Waals surface area contributed by atoms with Gasteiger partial charge in [0.1, 0.15) is 6.61 Å². The lowest BCUT2D eigenvalue weighted by Gasteiger charge is -2.24. The Morgan fingerprint density at radius 3 is 2.10 bits per heavy atom. The molecule has 0 aliphatic heterocycles. The van der Waals surface area contributed by atoms with Crippen LogP contribution in [0.1, 0.15) is 22.0 Å². The van der Waals surface area contributed by atoms with E-state index in [1.54, 1.807) is 12.1 Å². The molecule has 0 N–H and O–H groups in total. The van der Waals surface area contributed by atoms with E-state index in [0.29, 0.717) is 12.2 Å². The zero-order chi connectivity index (χ0) is 14.4. The van der Waals surface area contributed by atoms with Crippen molar-refractivity contribution in [1.29, 1.82) is 0 Å². The van der Waals surface area contributed by atoms with Gasteiger partial charge in [0.15, 0.2) is 0 Å². The van der Waals surface area contributed by atoms with Crippen molar-refractivity contribution < 1.29 is 9.53 Å². The summed E-state index contributed by atoms with van der Waals surface area (Å²) >= 11 is 0. The van der Waals surface area contributed by atoms with Gasteiger partial charge in [0.2, 0.25) is 0 Å². The molecule has 0 aliphatic carbocycles. The first-order valence-electron chi connectivity index (χ1n) is 6.62. The average Bonchev–Trinajstić information content (AvgIpc) is 2.49. The molecule has 0 aliphatic rings.